The van der Waals surface area contributed by atoms with Crippen LogP contribution < -0.4 is 5.32 Å². The van der Waals surface area contributed by atoms with Gasteiger partial charge in [0.2, 0.25) is 5.91 Å². The van der Waals surface area contributed by atoms with Crippen LogP contribution in [-0.2, 0) is 4.79 Å². The number of aromatic nitrogens is 2. The fraction of sp³-hybridized carbons (Fsp3) is 0.600. The SMILES string of the molecule is N#CC1(NC(=O)CSc2nncs2)CCCC1. The molecule has 17 heavy (non-hydrogen) atoms. The molecule has 0 aromatic carbocycles. The predicted octanol–water partition coefficient (Wildman–Crippen LogP) is 1.58. The number of carbonyl (C=O) groups is 1. The Hall–Kier alpha value is -1.13. The van der Waals surface area contributed by atoms with Crippen LogP contribution in [0.2, 0.25) is 0 Å². The predicted molar refractivity (Wildman–Crippen MR) is 65.6 cm³/mol. The van der Waals surface area contributed by atoms with Crippen LogP contribution in [0.3, 0.4) is 0 Å². The van der Waals surface area contributed by atoms with Crippen molar-refractivity contribution in [2.24, 2.45) is 0 Å². The van der Waals surface area contributed by atoms with Gasteiger partial charge in [-0.2, -0.15) is 5.26 Å². The van der Waals surface area contributed by atoms with Crippen LogP contribution >= 0.6 is 23.1 Å². The van der Waals surface area contributed by atoms with Crippen molar-refractivity contribution in [3.63, 3.8) is 0 Å². The number of nitrogens with zero attached hydrogens (tertiary/aromatic N) is 3. The summed E-state index contributed by atoms with van der Waals surface area (Å²) in [5.41, 5.74) is 1.01. The Kier molecular flexibility index (Phi) is 3.97. The summed E-state index contributed by atoms with van der Waals surface area (Å²) in [6.45, 7) is 0. The third kappa shape index (κ3) is 3.17. The normalized spacial score (nSPS) is 17.6. The summed E-state index contributed by atoms with van der Waals surface area (Å²) in [7, 11) is 0. The van der Waals surface area contributed by atoms with Crippen molar-refractivity contribution in [2.45, 2.75) is 35.6 Å². The molecule has 0 bridgehead atoms. The van der Waals surface area contributed by atoms with Gasteiger partial charge in [0, 0.05) is 0 Å². The van der Waals surface area contributed by atoms with Gasteiger partial charge in [0.1, 0.15) is 11.0 Å². The number of thioether (sulfide) groups is 1. The molecule has 1 N–H and O–H groups in total. The van der Waals surface area contributed by atoms with E-state index < -0.39 is 5.54 Å². The maximum Gasteiger partial charge on any atom is 0.231 e. The molecule has 90 valence electrons. The van der Waals surface area contributed by atoms with Crippen molar-refractivity contribution in [3.8, 4) is 6.07 Å². The third-order valence-electron chi connectivity index (χ3n) is 2.72. The van der Waals surface area contributed by atoms with Crippen LogP contribution in [0.15, 0.2) is 9.85 Å². The molecule has 1 aromatic heterocycles. The van der Waals surface area contributed by atoms with Crippen LogP contribution in [0.4, 0.5) is 0 Å². The van der Waals surface area contributed by atoms with E-state index in [0.717, 1.165) is 30.0 Å². The average Bonchev–Trinajstić information content (AvgIpc) is 2.98. The second-order valence-corrected chi connectivity index (χ2v) is 6.00. The minimum absolute atomic E-state index is 0.103. The lowest BCUT2D eigenvalue weighted by Crippen LogP contribution is -2.45. The van der Waals surface area contributed by atoms with Crippen molar-refractivity contribution in [2.75, 3.05) is 5.75 Å². The quantitative estimate of drug-likeness (QED) is 0.839. The fourth-order valence-electron chi connectivity index (χ4n) is 1.90. The summed E-state index contributed by atoms with van der Waals surface area (Å²) in [6, 6.07) is 2.23. The second kappa shape index (κ2) is 5.47. The Morgan fingerprint density at radius 3 is 3.00 bits per heavy atom. The highest BCUT2D eigenvalue weighted by Crippen LogP contribution is 2.29. The number of nitriles is 1. The van der Waals surface area contributed by atoms with E-state index in [-0.39, 0.29) is 5.91 Å². The fourth-order valence-corrected chi connectivity index (χ4v) is 3.19. The highest BCUT2D eigenvalue weighted by atomic mass is 32.2. The zero-order chi connectivity index (χ0) is 12.1. The summed E-state index contributed by atoms with van der Waals surface area (Å²) in [5, 5.41) is 19.5. The molecule has 0 spiro atoms. The van der Waals surface area contributed by atoms with Crippen LogP contribution in [-0.4, -0.2) is 27.4 Å². The first-order valence-corrected chi connectivity index (χ1v) is 7.22. The van der Waals surface area contributed by atoms with Crippen LogP contribution in [0.1, 0.15) is 25.7 Å². The Morgan fingerprint density at radius 1 is 1.65 bits per heavy atom. The van der Waals surface area contributed by atoms with E-state index in [4.69, 9.17) is 5.26 Å². The molecule has 1 aliphatic carbocycles. The standard InChI is InChI=1S/C10H12N4OS2/c11-6-10(3-1-2-4-10)13-8(15)5-16-9-14-12-7-17-9/h7H,1-5H2,(H,13,15). The molecule has 1 saturated carbocycles. The number of hydrogen-bond acceptors (Lipinski definition) is 6. The summed E-state index contributed by atoms with van der Waals surface area (Å²) >= 11 is 2.76. The number of nitrogens with one attached hydrogen (secondary N) is 1. The zero-order valence-electron chi connectivity index (χ0n) is 9.18. The van der Waals surface area contributed by atoms with Crippen LogP contribution in [0.25, 0.3) is 0 Å². The lowest BCUT2D eigenvalue weighted by atomic mass is 10.0. The van der Waals surface area contributed by atoms with Gasteiger partial charge in [-0.05, 0) is 25.7 Å². The molecule has 1 amide bonds. The molecule has 2 rings (SSSR count). The van der Waals surface area contributed by atoms with Gasteiger partial charge >= 0.3 is 0 Å². The highest BCUT2D eigenvalue weighted by molar-refractivity contribution is 8.01. The maximum absolute atomic E-state index is 11.7. The van der Waals surface area contributed by atoms with Gasteiger partial charge < -0.3 is 5.32 Å². The summed E-state index contributed by atoms with van der Waals surface area (Å²) in [5.74, 6) is 0.187. The van der Waals surface area contributed by atoms with E-state index in [9.17, 15) is 4.79 Å². The van der Waals surface area contributed by atoms with Gasteiger partial charge in [-0.25, -0.2) is 0 Å². The minimum Gasteiger partial charge on any atom is -0.337 e. The van der Waals surface area contributed by atoms with E-state index in [1.807, 2.05) is 0 Å². The molecule has 0 unspecified atom stereocenters. The van der Waals surface area contributed by atoms with E-state index in [1.54, 1.807) is 5.51 Å². The Labute approximate surface area is 108 Å². The lowest BCUT2D eigenvalue weighted by molar-refractivity contribution is -0.119. The van der Waals surface area contributed by atoms with Crippen molar-refractivity contribution < 1.29 is 4.79 Å². The van der Waals surface area contributed by atoms with Crippen molar-refractivity contribution in [1.82, 2.24) is 15.5 Å². The number of amides is 1. The zero-order valence-corrected chi connectivity index (χ0v) is 10.8. The Balaban J connectivity index is 1.83. The topological polar surface area (TPSA) is 78.7 Å². The number of hydrogen-bond donors (Lipinski definition) is 1. The molecule has 1 aromatic rings. The van der Waals surface area contributed by atoms with Crippen LogP contribution in [0, 0.1) is 11.3 Å². The Bertz CT molecular complexity index is 420. The molecule has 1 aliphatic rings. The molecule has 0 saturated heterocycles. The molecule has 7 heteroatoms. The maximum atomic E-state index is 11.7. The molecule has 1 heterocycles. The minimum atomic E-state index is -0.626. The number of carbonyl (C=O) groups excluding carboxylic acids is 1. The van der Waals surface area contributed by atoms with Gasteiger partial charge in [-0.1, -0.05) is 23.1 Å². The Morgan fingerprint density at radius 2 is 2.41 bits per heavy atom. The van der Waals surface area contributed by atoms with Crippen molar-refractivity contribution >= 4 is 29.0 Å². The van der Waals surface area contributed by atoms with Gasteiger partial charge in [0.15, 0.2) is 4.34 Å². The largest absolute Gasteiger partial charge is 0.337 e. The van der Waals surface area contributed by atoms with Crippen molar-refractivity contribution in [1.29, 1.82) is 5.26 Å². The second-order valence-electron chi connectivity index (χ2n) is 3.94. The van der Waals surface area contributed by atoms with E-state index in [1.165, 1.54) is 23.1 Å². The molecular weight excluding hydrogens is 256 g/mol. The summed E-state index contributed by atoms with van der Waals surface area (Å²) in [6.07, 6.45) is 3.55. The van der Waals surface area contributed by atoms with Gasteiger partial charge in [-0.15, -0.1) is 10.2 Å². The van der Waals surface area contributed by atoms with Crippen LogP contribution in [0.5, 0.6) is 0 Å². The number of rotatable bonds is 4. The molecule has 5 nitrogen and oxygen atoms in total. The molecule has 0 radical (unpaired) electrons. The third-order valence-corrected chi connectivity index (χ3v) is 4.58. The highest BCUT2D eigenvalue weighted by Gasteiger charge is 2.35. The molecule has 1 fully saturated rings. The first kappa shape index (κ1) is 12.3. The molecular formula is C10H12N4OS2. The monoisotopic (exact) mass is 268 g/mol. The molecule has 0 atom stereocenters. The first-order chi connectivity index (χ1) is 8.24. The van der Waals surface area contributed by atoms with Gasteiger partial charge in [-0.3, -0.25) is 4.79 Å². The van der Waals surface area contributed by atoms with Crippen molar-refractivity contribution in [3.05, 3.63) is 5.51 Å². The van der Waals surface area contributed by atoms with E-state index in [2.05, 4.69) is 21.6 Å². The van der Waals surface area contributed by atoms with Gasteiger partial charge in [0.05, 0.1) is 11.8 Å². The van der Waals surface area contributed by atoms with E-state index in [0.29, 0.717) is 5.75 Å². The first-order valence-electron chi connectivity index (χ1n) is 5.35. The smallest absolute Gasteiger partial charge is 0.231 e. The van der Waals surface area contributed by atoms with E-state index >= 15 is 0 Å². The lowest BCUT2D eigenvalue weighted by Gasteiger charge is -2.21. The van der Waals surface area contributed by atoms with Gasteiger partial charge in [0.25, 0.3) is 0 Å². The molecule has 0 aliphatic heterocycles. The summed E-state index contributed by atoms with van der Waals surface area (Å²) in [4.78, 5) is 11.7. The average molecular weight is 268 g/mol. The summed E-state index contributed by atoms with van der Waals surface area (Å²) < 4.78 is 0.776.